The van der Waals surface area contributed by atoms with Crippen molar-refractivity contribution in [1.29, 1.82) is 0 Å². The summed E-state index contributed by atoms with van der Waals surface area (Å²) in [5.41, 5.74) is 0.877. The smallest absolute Gasteiger partial charge is 0.493 e. The lowest BCUT2D eigenvalue weighted by atomic mass is 9.48. The Balaban J connectivity index is 1.31. The highest BCUT2D eigenvalue weighted by molar-refractivity contribution is 5.92. The zero-order valence-electron chi connectivity index (χ0n) is 22.0. The van der Waals surface area contributed by atoms with Gasteiger partial charge in [-0.05, 0) is 74.7 Å². The van der Waals surface area contributed by atoms with Crippen LogP contribution in [0.2, 0.25) is 0 Å². The lowest BCUT2D eigenvalue weighted by Gasteiger charge is -2.64. The number of carbonyl (C=O) groups excluding carboxylic acids is 1. The molecule has 7 nitrogen and oxygen atoms in total. The fraction of sp³-hybridized carbons (Fsp3) is 0.483. The highest BCUT2D eigenvalue weighted by atomic mass is 19.4. The number of likely N-dealkylation sites (N-methyl/N-ethyl adjacent to an activating group) is 2. The number of likely N-dealkylation sites (tertiary alicyclic amines) is 1. The van der Waals surface area contributed by atoms with Crippen molar-refractivity contribution in [1.82, 2.24) is 9.80 Å². The number of hydrogen-bond acceptors (Lipinski definition) is 6. The maximum atomic E-state index is 13.4. The Labute approximate surface area is 224 Å². The monoisotopic (exact) mass is 544 g/mol. The lowest BCUT2D eigenvalue weighted by Crippen LogP contribution is -2.77. The molecular formula is C29H31F3N2O5. The summed E-state index contributed by atoms with van der Waals surface area (Å²) in [6.07, 6.45) is 0.0160. The molecule has 1 saturated carbocycles. The predicted octanol–water partition coefficient (Wildman–Crippen LogP) is 3.92. The van der Waals surface area contributed by atoms with E-state index in [2.05, 4.69) is 22.8 Å². The van der Waals surface area contributed by atoms with Gasteiger partial charge in [0.05, 0.1) is 24.2 Å². The van der Waals surface area contributed by atoms with Gasteiger partial charge < -0.3 is 29.1 Å². The predicted molar refractivity (Wildman–Crippen MR) is 137 cm³/mol. The molecule has 0 radical (unpaired) electrons. The van der Waals surface area contributed by atoms with Gasteiger partial charge in [0.25, 0.3) is 0 Å². The van der Waals surface area contributed by atoms with Crippen molar-refractivity contribution in [2.24, 2.45) is 0 Å². The largest absolute Gasteiger partial charge is 0.573 e. The summed E-state index contributed by atoms with van der Waals surface area (Å²) in [5, 5.41) is 12.4. The summed E-state index contributed by atoms with van der Waals surface area (Å²) in [6.45, 7) is 0.795. The third-order valence-electron chi connectivity index (χ3n) is 9.26. The topological polar surface area (TPSA) is 71.5 Å². The number of carbonyl (C=O) groups is 1. The minimum absolute atomic E-state index is 0.0581. The molecule has 1 spiro atoms. The van der Waals surface area contributed by atoms with Crippen LogP contribution in [0.15, 0.2) is 42.5 Å². The van der Waals surface area contributed by atoms with E-state index < -0.39 is 23.5 Å². The van der Waals surface area contributed by atoms with Crippen molar-refractivity contribution in [3.05, 3.63) is 59.2 Å². The van der Waals surface area contributed by atoms with Crippen LogP contribution in [0.5, 0.6) is 17.2 Å². The molecule has 2 fully saturated rings. The molecule has 1 amide bonds. The number of nitrogens with zero attached hydrogens (tertiary/aromatic N) is 2. The summed E-state index contributed by atoms with van der Waals surface area (Å²) in [6, 6.07) is 9.05. The molecule has 1 N–H and O–H groups in total. The first-order valence-electron chi connectivity index (χ1n) is 13.1. The van der Waals surface area contributed by atoms with Gasteiger partial charge in [0, 0.05) is 24.7 Å². The van der Waals surface area contributed by atoms with Crippen molar-refractivity contribution in [2.75, 3.05) is 27.7 Å². The zero-order valence-corrected chi connectivity index (χ0v) is 22.0. The molecule has 2 heterocycles. The van der Waals surface area contributed by atoms with Crippen LogP contribution in [0.3, 0.4) is 0 Å². The van der Waals surface area contributed by atoms with Gasteiger partial charge in [-0.15, -0.1) is 13.2 Å². The molecule has 2 aromatic carbocycles. The van der Waals surface area contributed by atoms with E-state index in [-0.39, 0.29) is 23.7 Å². The second-order valence-corrected chi connectivity index (χ2v) is 11.0. The minimum atomic E-state index is -4.80. The Morgan fingerprint density at radius 3 is 2.79 bits per heavy atom. The first-order valence-corrected chi connectivity index (χ1v) is 13.1. The van der Waals surface area contributed by atoms with Crippen LogP contribution >= 0.6 is 0 Å². The van der Waals surface area contributed by atoms with Crippen molar-refractivity contribution in [3.8, 4) is 17.2 Å². The molecule has 4 aliphatic rings. The van der Waals surface area contributed by atoms with Crippen LogP contribution in [0.1, 0.15) is 36.0 Å². The van der Waals surface area contributed by atoms with Gasteiger partial charge in [-0.1, -0.05) is 18.2 Å². The first-order chi connectivity index (χ1) is 18.5. The van der Waals surface area contributed by atoms with Gasteiger partial charge in [-0.3, -0.25) is 4.79 Å². The van der Waals surface area contributed by atoms with E-state index in [1.165, 1.54) is 30.4 Å². The van der Waals surface area contributed by atoms with E-state index in [9.17, 15) is 23.1 Å². The molecule has 2 unspecified atom stereocenters. The van der Waals surface area contributed by atoms with Crippen molar-refractivity contribution < 1.29 is 37.3 Å². The number of rotatable bonds is 5. The molecule has 5 atom stereocenters. The van der Waals surface area contributed by atoms with Crippen LogP contribution in [-0.2, 0) is 16.6 Å². The maximum Gasteiger partial charge on any atom is 0.573 e. The molecule has 0 aromatic heterocycles. The van der Waals surface area contributed by atoms with Crippen molar-refractivity contribution in [2.45, 2.75) is 61.2 Å². The second-order valence-electron chi connectivity index (χ2n) is 11.0. The van der Waals surface area contributed by atoms with E-state index >= 15 is 0 Å². The van der Waals surface area contributed by atoms with E-state index in [0.717, 1.165) is 24.1 Å². The van der Waals surface area contributed by atoms with Gasteiger partial charge in [-0.2, -0.15) is 0 Å². The summed E-state index contributed by atoms with van der Waals surface area (Å²) < 4.78 is 54.1. The Kier molecular flexibility index (Phi) is 5.93. The Bertz CT molecular complexity index is 1350. The highest BCUT2D eigenvalue weighted by Crippen LogP contribution is 2.65. The van der Waals surface area contributed by atoms with Crippen molar-refractivity contribution >= 4 is 12.0 Å². The van der Waals surface area contributed by atoms with Gasteiger partial charge in [0.15, 0.2) is 11.5 Å². The van der Waals surface area contributed by atoms with Crippen molar-refractivity contribution in [3.63, 3.8) is 0 Å². The number of benzene rings is 2. The molecule has 2 bridgehead atoms. The highest BCUT2D eigenvalue weighted by Gasteiger charge is 2.73. The van der Waals surface area contributed by atoms with Gasteiger partial charge in [0.2, 0.25) is 5.91 Å². The summed E-state index contributed by atoms with van der Waals surface area (Å²) in [5.74, 6) is 0.611. The average molecular weight is 545 g/mol. The normalized spacial score (nSPS) is 31.0. The number of piperidine rings is 1. The number of amides is 1. The Hall–Kier alpha value is -3.24. The third-order valence-corrected chi connectivity index (χ3v) is 9.26. The van der Waals surface area contributed by atoms with Crippen LogP contribution in [0, 0.1) is 0 Å². The van der Waals surface area contributed by atoms with E-state index in [1.807, 2.05) is 6.07 Å². The van der Waals surface area contributed by atoms with Crippen LogP contribution < -0.4 is 14.2 Å². The third kappa shape index (κ3) is 3.82. The fourth-order valence-corrected chi connectivity index (χ4v) is 7.54. The first kappa shape index (κ1) is 26.0. The molecule has 1 saturated heterocycles. The zero-order chi connectivity index (χ0) is 27.7. The number of hydrogen-bond donors (Lipinski definition) is 1. The number of ether oxygens (including phenoxy) is 3. The summed E-state index contributed by atoms with van der Waals surface area (Å²) in [7, 11) is 5.36. The molecule has 208 valence electrons. The number of aliphatic hydroxyl groups is 1. The quantitative estimate of drug-likeness (QED) is 0.576. The SMILES string of the molecule is COc1ccc2c3c1OC1C(N(C)C(=O)/C=C/c4cccc(OC(F)(F)F)c4)CC[C@@]4(O)[C@@H](C2)N(C)CC[C@]314. The number of alkyl halides is 3. The molecule has 39 heavy (non-hydrogen) atoms. The van der Waals surface area contributed by atoms with Gasteiger partial charge >= 0.3 is 6.36 Å². The lowest BCUT2D eigenvalue weighted by molar-refractivity contribution is -0.274. The Morgan fingerprint density at radius 1 is 1.26 bits per heavy atom. The van der Waals surface area contributed by atoms with E-state index in [4.69, 9.17) is 9.47 Å². The minimum Gasteiger partial charge on any atom is -0.493 e. The molecular weight excluding hydrogens is 513 g/mol. The van der Waals surface area contributed by atoms with Crippen LogP contribution in [0.25, 0.3) is 6.08 Å². The van der Waals surface area contributed by atoms with Gasteiger partial charge in [-0.25, -0.2) is 0 Å². The molecule has 2 aliphatic heterocycles. The molecule has 2 aliphatic carbocycles. The average Bonchev–Trinajstić information content (AvgIpc) is 3.24. The Morgan fingerprint density at radius 2 is 2.05 bits per heavy atom. The maximum absolute atomic E-state index is 13.4. The fourth-order valence-electron chi connectivity index (χ4n) is 7.54. The standard InChI is InChI=1S/C29H31F3N2O5/c1-33-14-13-27-24-18-8-9-21(37-3)25(24)38-26(27)20(11-12-28(27,36)22(33)16-18)34(2)23(35)10-7-17-5-4-6-19(15-17)39-29(30,31)32/h4-10,15,20,22,26,36H,11-14,16H2,1-3H3/b10-7+/t20?,22-,26?,27+,28-/m1/s1. The summed E-state index contributed by atoms with van der Waals surface area (Å²) in [4.78, 5) is 17.2. The summed E-state index contributed by atoms with van der Waals surface area (Å²) >= 11 is 0. The van der Waals surface area contributed by atoms with E-state index in [0.29, 0.717) is 36.3 Å². The molecule has 2 aromatic rings. The van der Waals surface area contributed by atoms with Crippen LogP contribution in [0.4, 0.5) is 13.2 Å². The van der Waals surface area contributed by atoms with Gasteiger partial charge in [0.1, 0.15) is 11.9 Å². The number of halogens is 3. The van der Waals surface area contributed by atoms with E-state index in [1.54, 1.807) is 25.1 Å². The molecule has 10 heteroatoms. The molecule has 6 rings (SSSR count). The van der Waals surface area contributed by atoms with Crippen LogP contribution in [-0.4, -0.2) is 78.7 Å². The second kappa shape index (κ2) is 8.89. The number of methoxy groups -OCH3 is 1.